The summed E-state index contributed by atoms with van der Waals surface area (Å²) in [4.78, 5) is 12.9. The van der Waals surface area contributed by atoms with Crippen LogP contribution >= 0.6 is 27.3 Å². The molecule has 0 amide bonds. The topological polar surface area (TPSA) is 72.0 Å². The van der Waals surface area contributed by atoms with Gasteiger partial charge in [0.2, 0.25) is 0 Å². The summed E-state index contributed by atoms with van der Waals surface area (Å²) in [5.41, 5.74) is 3.35. The second kappa shape index (κ2) is 7.81. The van der Waals surface area contributed by atoms with Crippen molar-refractivity contribution in [3.8, 4) is 5.75 Å². The smallest absolute Gasteiger partial charge is 0.166 e. The van der Waals surface area contributed by atoms with Gasteiger partial charge in [0.25, 0.3) is 0 Å². The first-order valence-corrected chi connectivity index (χ1v) is 11.0. The molecule has 0 radical (unpaired) electrons. The third kappa shape index (κ3) is 3.65. The van der Waals surface area contributed by atoms with Gasteiger partial charge in [-0.05, 0) is 50.2 Å². The number of piperidine rings is 1. The number of nitrogens with one attached hydrogen (secondary N) is 2. The summed E-state index contributed by atoms with van der Waals surface area (Å²) in [6, 6.07) is 7.29. The summed E-state index contributed by atoms with van der Waals surface area (Å²) < 4.78 is 22.7. The van der Waals surface area contributed by atoms with Gasteiger partial charge in [0, 0.05) is 4.47 Å². The molecule has 2 aromatic heterocycles. The lowest BCUT2D eigenvalue weighted by Crippen LogP contribution is -2.34. The van der Waals surface area contributed by atoms with Crippen LogP contribution in [-0.2, 0) is 0 Å². The van der Waals surface area contributed by atoms with Crippen LogP contribution in [0.3, 0.4) is 0 Å². The largest absolute Gasteiger partial charge is 0.489 e. The molecule has 2 aromatic carbocycles. The third-order valence-corrected chi connectivity index (χ3v) is 6.23. The Kier molecular flexibility index (Phi) is 5.03. The first kappa shape index (κ1) is 18.7. The highest BCUT2D eigenvalue weighted by Gasteiger charge is 2.19. The quantitative estimate of drug-likeness (QED) is 0.433. The van der Waals surface area contributed by atoms with Gasteiger partial charge in [-0.25, -0.2) is 19.3 Å². The molecule has 0 bridgehead atoms. The van der Waals surface area contributed by atoms with Gasteiger partial charge < -0.3 is 15.4 Å². The normalized spacial score (nSPS) is 15.1. The van der Waals surface area contributed by atoms with Gasteiger partial charge in [0.15, 0.2) is 5.82 Å². The molecule has 0 unspecified atom stereocenters. The number of anilines is 2. The number of hydrogen-bond acceptors (Lipinski definition) is 7. The van der Waals surface area contributed by atoms with Crippen molar-refractivity contribution in [1.82, 2.24) is 20.3 Å². The Labute approximate surface area is 178 Å². The zero-order chi connectivity index (χ0) is 19.8. The van der Waals surface area contributed by atoms with Crippen molar-refractivity contribution in [1.29, 1.82) is 0 Å². The second-order valence-corrected chi connectivity index (χ2v) is 8.61. The summed E-state index contributed by atoms with van der Waals surface area (Å²) in [5, 5.41) is 7.21. The van der Waals surface area contributed by atoms with E-state index in [1.807, 2.05) is 12.1 Å². The number of benzene rings is 2. The lowest BCUT2D eigenvalue weighted by molar-refractivity contribution is 0.164. The molecule has 3 heterocycles. The summed E-state index contributed by atoms with van der Waals surface area (Å²) in [5.74, 6) is 0.854. The van der Waals surface area contributed by atoms with Crippen LogP contribution in [0.5, 0.6) is 5.75 Å². The van der Waals surface area contributed by atoms with E-state index in [0.29, 0.717) is 27.5 Å². The number of rotatable bonds is 4. The van der Waals surface area contributed by atoms with Gasteiger partial charge in [-0.1, -0.05) is 15.9 Å². The molecule has 2 N–H and O–H groups in total. The first-order valence-electron chi connectivity index (χ1n) is 9.29. The van der Waals surface area contributed by atoms with Crippen LogP contribution in [0.15, 0.2) is 40.6 Å². The Balaban J connectivity index is 1.58. The van der Waals surface area contributed by atoms with Gasteiger partial charge in [-0.3, -0.25) is 0 Å². The number of thiazole rings is 1. The molecule has 0 atom stereocenters. The number of hydrogen-bond donors (Lipinski definition) is 2. The van der Waals surface area contributed by atoms with E-state index in [1.165, 1.54) is 17.7 Å². The molecule has 29 heavy (non-hydrogen) atoms. The monoisotopic (exact) mass is 473 g/mol. The lowest BCUT2D eigenvalue weighted by Gasteiger charge is -2.25. The molecule has 1 aliphatic heterocycles. The molecule has 1 fully saturated rings. The molecule has 148 valence electrons. The fourth-order valence-corrected chi connectivity index (χ4v) is 4.67. The minimum Gasteiger partial charge on any atom is -0.489 e. The van der Waals surface area contributed by atoms with Crippen molar-refractivity contribution in [3.05, 3.63) is 46.4 Å². The van der Waals surface area contributed by atoms with E-state index in [-0.39, 0.29) is 11.9 Å². The highest BCUT2D eigenvalue weighted by Crippen LogP contribution is 2.37. The number of fused-ring (bicyclic) bond motifs is 2. The highest BCUT2D eigenvalue weighted by molar-refractivity contribution is 9.10. The van der Waals surface area contributed by atoms with Crippen molar-refractivity contribution in [2.45, 2.75) is 18.9 Å². The van der Waals surface area contributed by atoms with Crippen LogP contribution in [0.25, 0.3) is 21.1 Å². The molecule has 4 aromatic rings. The van der Waals surface area contributed by atoms with E-state index < -0.39 is 0 Å². The fourth-order valence-electron chi connectivity index (χ4n) is 3.52. The lowest BCUT2D eigenvalue weighted by atomic mass is 10.1. The van der Waals surface area contributed by atoms with Gasteiger partial charge in [0.05, 0.1) is 32.3 Å². The van der Waals surface area contributed by atoms with Crippen molar-refractivity contribution in [2.24, 2.45) is 0 Å². The van der Waals surface area contributed by atoms with Gasteiger partial charge in [-0.2, -0.15) is 0 Å². The van der Waals surface area contributed by atoms with E-state index in [0.717, 1.165) is 41.3 Å². The van der Waals surface area contributed by atoms with Crippen LogP contribution < -0.4 is 15.4 Å². The SMILES string of the molecule is Fc1c(Nc2ncnc3cc(Br)cc(OC4CCNCC4)c23)ccc2ncsc12. The predicted octanol–water partition coefficient (Wildman–Crippen LogP) is 5.02. The fraction of sp³-hybridized carbons (Fsp3) is 0.250. The number of halogens is 2. The molecule has 0 saturated carbocycles. The molecule has 9 heteroatoms. The number of ether oxygens (including phenoxy) is 1. The van der Waals surface area contributed by atoms with Crippen LogP contribution in [0.2, 0.25) is 0 Å². The third-order valence-electron chi connectivity index (χ3n) is 4.94. The Bertz CT molecular complexity index is 1190. The van der Waals surface area contributed by atoms with E-state index in [9.17, 15) is 4.39 Å². The minimum atomic E-state index is -0.338. The van der Waals surface area contributed by atoms with Gasteiger partial charge in [-0.15, -0.1) is 11.3 Å². The number of nitrogens with zero attached hydrogens (tertiary/aromatic N) is 3. The van der Waals surface area contributed by atoms with Crippen molar-refractivity contribution < 1.29 is 9.13 Å². The maximum Gasteiger partial charge on any atom is 0.166 e. The molecular weight excluding hydrogens is 457 g/mol. The summed E-state index contributed by atoms with van der Waals surface area (Å²) in [6.07, 6.45) is 3.45. The average Bonchev–Trinajstić information content (AvgIpc) is 3.20. The van der Waals surface area contributed by atoms with Crippen molar-refractivity contribution >= 4 is 59.9 Å². The van der Waals surface area contributed by atoms with E-state index >= 15 is 0 Å². The molecule has 5 rings (SSSR count). The molecule has 1 aliphatic rings. The Morgan fingerprint density at radius 1 is 1.14 bits per heavy atom. The van der Waals surface area contributed by atoms with Crippen LogP contribution in [0.1, 0.15) is 12.8 Å². The maximum atomic E-state index is 14.9. The zero-order valence-electron chi connectivity index (χ0n) is 15.3. The van der Waals surface area contributed by atoms with E-state index in [4.69, 9.17) is 4.74 Å². The molecule has 0 spiro atoms. The van der Waals surface area contributed by atoms with Gasteiger partial charge >= 0.3 is 0 Å². The van der Waals surface area contributed by atoms with Crippen LogP contribution in [0.4, 0.5) is 15.9 Å². The average molecular weight is 474 g/mol. The molecular formula is C20H17BrFN5OS. The van der Waals surface area contributed by atoms with Crippen molar-refractivity contribution in [2.75, 3.05) is 18.4 Å². The Morgan fingerprint density at radius 2 is 2.00 bits per heavy atom. The highest BCUT2D eigenvalue weighted by atomic mass is 79.9. The maximum absolute atomic E-state index is 14.9. The molecule has 0 aliphatic carbocycles. The summed E-state index contributed by atoms with van der Waals surface area (Å²) in [6.45, 7) is 1.86. The number of aromatic nitrogens is 3. The standard InChI is InChI=1S/C20H17BrFN5OS/c21-11-7-15-17(16(8-11)28-12-3-5-23-6-4-12)20(25-9-24-15)27-13-1-2-14-19(18(13)22)29-10-26-14/h1-2,7-10,12,23H,3-6H2,(H,24,25,27). The second-order valence-electron chi connectivity index (χ2n) is 6.84. The van der Waals surface area contributed by atoms with E-state index in [2.05, 4.69) is 41.5 Å². The molecule has 6 nitrogen and oxygen atoms in total. The Hall–Kier alpha value is -2.36. The predicted molar refractivity (Wildman–Crippen MR) is 117 cm³/mol. The van der Waals surface area contributed by atoms with Gasteiger partial charge in [0.1, 0.15) is 24.0 Å². The summed E-state index contributed by atoms with van der Waals surface area (Å²) in [7, 11) is 0. The zero-order valence-corrected chi connectivity index (χ0v) is 17.7. The van der Waals surface area contributed by atoms with Crippen molar-refractivity contribution in [3.63, 3.8) is 0 Å². The minimum absolute atomic E-state index is 0.118. The van der Waals surface area contributed by atoms with E-state index in [1.54, 1.807) is 17.6 Å². The Morgan fingerprint density at radius 3 is 2.86 bits per heavy atom. The van der Waals surface area contributed by atoms with Crippen LogP contribution in [-0.4, -0.2) is 34.1 Å². The van der Waals surface area contributed by atoms with Crippen LogP contribution in [0, 0.1) is 5.82 Å². The molecule has 1 saturated heterocycles. The summed E-state index contributed by atoms with van der Waals surface area (Å²) >= 11 is 4.81. The first-order chi connectivity index (χ1) is 14.2.